The second-order valence-electron chi connectivity index (χ2n) is 4.02. The van der Waals surface area contributed by atoms with Crippen LogP contribution in [0.4, 0.5) is 0 Å². The number of hydrogen-bond donors (Lipinski definition) is 1. The fourth-order valence-electron chi connectivity index (χ4n) is 1.77. The van der Waals surface area contributed by atoms with Crippen LogP contribution < -0.4 is 0 Å². The Hall–Kier alpha value is -1.51. The lowest BCUT2D eigenvalue weighted by Gasteiger charge is -2.11. The first-order valence-electron chi connectivity index (χ1n) is 5.02. The average molecular weight is 203 g/mol. The molecule has 0 heterocycles. The van der Waals surface area contributed by atoms with E-state index in [1.807, 2.05) is 24.3 Å². The van der Waals surface area contributed by atoms with Gasteiger partial charge in [0.15, 0.2) is 0 Å². The van der Waals surface area contributed by atoms with Gasteiger partial charge in [0, 0.05) is 10.3 Å². The minimum absolute atomic E-state index is 0.0248. The Kier molecular flexibility index (Phi) is 2.62. The summed E-state index contributed by atoms with van der Waals surface area (Å²) < 4.78 is 0. The fraction of sp³-hybridized carbons (Fsp3) is 0.455. The van der Waals surface area contributed by atoms with Gasteiger partial charge in [0.05, 0.1) is 13.2 Å². The van der Waals surface area contributed by atoms with Crippen LogP contribution in [0.2, 0.25) is 0 Å². The third kappa shape index (κ3) is 1.96. The number of rotatable bonds is 4. The number of hydrogen-bond acceptors (Lipinski definition) is 2. The molecule has 78 valence electrons. The van der Waals surface area contributed by atoms with Gasteiger partial charge in [-0.05, 0) is 29.5 Å². The van der Waals surface area contributed by atoms with Gasteiger partial charge in [0.1, 0.15) is 0 Å². The van der Waals surface area contributed by atoms with Gasteiger partial charge in [-0.25, -0.2) is 0 Å². The van der Waals surface area contributed by atoms with Crippen LogP contribution in [-0.2, 0) is 12.0 Å². The van der Waals surface area contributed by atoms with E-state index in [1.165, 1.54) is 5.56 Å². The molecule has 1 saturated carbocycles. The highest BCUT2D eigenvalue weighted by Crippen LogP contribution is 2.47. The lowest BCUT2D eigenvalue weighted by atomic mass is 9.96. The highest BCUT2D eigenvalue weighted by molar-refractivity contribution is 5.33. The Bertz CT molecular complexity index is 389. The van der Waals surface area contributed by atoms with E-state index in [0.717, 1.165) is 18.4 Å². The van der Waals surface area contributed by atoms with E-state index in [9.17, 15) is 5.11 Å². The molecule has 0 unspecified atom stereocenters. The van der Waals surface area contributed by atoms with Crippen molar-refractivity contribution in [1.29, 1.82) is 0 Å². The van der Waals surface area contributed by atoms with Crippen LogP contribution in [0, 0.1) is 0 Å². The molecule has 15 heavy (non-hydrogen) atoms. The first kappa shape index (κ1) is 10.0. The van der Waals surface area contributed by atoms with Crippen molar-refractivity contribution in [2.75, 3.05) is 6.61 Å². The highest BCUT2D eigenvalue weighted by atomic mass is 16.3. The van der Waals surface area contributed by atoms with Crippen LogP contribution >= 0.6 is 0 Å². The zero-order chi connectivity index (χ0) is 10.7. The van der Waals surface area contributed by atoms with Crippen molar-refractivity contribution in [2.24, 2.45) is 5.11 Å². The first-order chi connectivity index (χ1) is 7.30. The molecule has 1 N–H and O–H groups in total. The van der Waals surface area contributed by atoms with Crippen molar-refractivity contribution >= 4 is 0 Å². The van der Waals surface area contributed by atoms with Crippen LogP contribution in [0.15, 0.2) is 29.4 Å². The van der Waals surface area contributed by atoms with Gasteiger partial charge in [0.25, 0.3) is 0 Å². The first-order valence-corrected chi connectivity index (χ1v) is 5.02. The molecule has 0 aliphatic heterocycles. The van der Waals surface area contributed by atoms with Crippen LogP contribution in [-0.4, -0.2) is 11.7 Å². The van der Waals surface area contributed by atoms with Gasteiger partial charge in [0.2, 0.25) is 0 Å². The molecule has 1 fully saturated rings. The molecule has 4 nitrogen and oxygen atoms in total. The SMILES string of the molecule is [N-]=[N+]=NCc1ccc(C2(CO)CC2)cc1. The van der Waals surface area contributed by atoms with Crippen molar-refractivity contribution < 1.29 is 5.11 Å². The Balaban J connectivity index is 2.13. The largest absolute Gasteiger partial charge is 0.395 e. The summed E-state index contributed by atoms with van der Waals surface area (Å²) in [7, 11) is 0. The van der Waals surface area contributed by atoms with Crippen LogP contribution in [0.1, 0.15) is 24.0 Å². The second kappa shape index (κ2) is 3.93. The third-order valence-electron chi connectivity index (χ3n) is 3.04. The molecule has 0 aromatic heterocycles. The summed E-state index contributed by atoms with van der Waals surface area (Å²) in [5.74, 6) is 0. The molecule has 2 rings (SSSR count). The van der Waals surface area contributed by atoms with Gasteiger partial charge >= 0.3 is 0 Å². The molecule has 1 aromatic carbocycles. The maximum Gasteiger partial charge on any atom is 0.0527 e. The van der Waals surface area contributed by atoms with Crippen molar-refractivity contribution in [3.63, 3.8) is 0 Å². The molecule has 0 amide bonds. The zero-order valence-electron chi connectivity index (χ0n) is 8.43. The van der Waals surface area contributed by atoms with Gasteiger partial charge in [-0.3, -0.25) is 0 Å². The van der Waals surface area contributed by atoms with E-state index in [-0.39, 0.29) is 12.0 Å². The minimum Gasteiger partial charge on any atom is -0.395 e. The maximum absolute atomic E-state index is 9.25. The smallest absolute Gasteiger partial charge is 0.0527 e. The fourth-order valence-corrected chi connectivity index (χ4v) is 1.77. The monoisotopic (exact) mass is 203 g/mol. The molecule has 0 saturated heterocycles. The number of benzene rings is 1. The zero-order valence-corrected chi connectivity index (χ0v) is 8.43. The minimum atomic E-state index is 0.0248. The van der Waals surface area contributed by atoms with Crippen LogP contribution in [0.3, 0.4) is 0 Å². The molecule has 4 heteroatoms. The second-order valence-corrected chi connectivity index (χ2v) is 4.02. The van der Waals surface area contributed by atoms with E-state index >= 15 is 0 Å². The predicted octanol–water partition coefficient (Wildman–Crippen LogP) is 2.52. The Labute approximate surface area is 88.2 Å². The molecule has 0 bridgehead atoms. The number of aliphatic hydroxyl groups is 1. The molecule has 1 aromatic rings. The standard InChI is InChI=1S/C11H13N3O/c12-14-13-7-9-1-3-10(4-2-9)11(8-15)5-6-11/h1-4,15H,5-8H2. The Morgan fingerprint density at radius 2 is 2.00 bits per heavy atom. The van der Waals surface area contributed by atoms with E-state index in [2.05, 4.69) is 10.0 Å². The van der Waals surface area contributed by atoms with E-state index in [1.54, 1.807) is 0 Å². The molecular weight excluding hydrogens is 190 g/mol. The molecular formula is C11H13N3O. The summed E-state index contributed by atoms with van der Waals surface area (Å²) >= 11 is 0. The summed E-state index contributed by atoms with van der Waals surface area (Å²) in [6.07, 6.45) is 2.14. The highest BCUT2D eigenvalue weighted by Gasteiger charge is 2.43. The lowest BCUT2D eigenvalue weighted by Crippen LogP contribution is -2.11. The van der Waals surface area contributed by atoms with E-state index in [4.69, 9.17) is 5.53 Å². The van der Waals surface area contributed by atoms with Gasteiger partial charge in [-0.15, -0.1) is 0 Å². The number of azide groups is 1. The van der Waals surface area contributed by atoms with Crippen molar-refractivity contribution in [3.8, 4) is 0 Å². The van der Waals surface area contributed by atoms with Crippen LogP contribution in [0.5, 0.6) is 0 Å². The van der Waals surface area contributed by atoms with Gasteiger partial charge in [-0.1, -0.05) is 29.4 Å². The third-order valence-corrected chi connectivity index (χ3v) is 3.04. The van der Waals surface area contributed by atoms with Crippen molar-refractivity contribution in [1.82, 2.24) is 0 Å². The summed E-state index contributed by atoms with van der Waals surface area (Å²) in [6, 6.07) is 7.95. The maximum atomic E-state index is 9.25. The number of nitrogens with zero attached hydrogens (tertiary/aromatic N) is 3. The molecule has 1 aliphatic carbocycles. The summed E-state index contributed by atoms with van der Waals surface area (Å²) in [5, 5.41) is 12.8. The molecule has 1 aliphatic rings. The molecule has 0 atom stereocenters. The molecule has 0 radical (unpaired) electrons. The summed E-state index contributed by atoms with van der Waals surface area (Å²) in [6.45, 7) is 0.617. The molecule has 0 spiro atoms. The predicted molar refractivity (Wildman–Crippen MR) is 57.3 cm³/mol. The summed E-state index contributed by atoms with van der Waals surface area (Å²) in [5.41, 5.74) is 10.4. The Morgan fingerprint density at radius 3 is 2.47 bits per heavy atom. The van der Waals surface area contributed by atoms with Crippen LogP contribution in [0.25, 0.3) is 10.4 Å². The Morgan fingerprint density at radius 1 is 1.33 bits per heavy atom. The van der Waals surface area contributed by atoms with Gasteiger partial charge < -0.3 is 5.11 Å². The topological polar surface area (TPSA) is 69.0 Å². The summed E-state index contributed by atoms with van der Waals surface area (Å²) in [4.78, 5) is 2.72. The normalized spacial score (nSPS) is 16.9. The quantitative estimate of drug-likeness (QED) is 0.456. The van der Waals surface area contributed by atoms with Gasteiger partial charge in [-0.2, -0.15) is 0 Å². The van der Waals surface area contributed by atoms with E-state index in [0.29, 0.717) is 6.54 Å². The van der Waals surface area contributed by atoms with E-state index < -0.39 is 0 Å². The average Bonchev–Trinajstić information content (AvgIpc) is 3.08. The lowest BCUT2D eigenvalue weighted by molar-refractivity contribution is 0.255. The van der Waals surface area contributed by atoms with Crippen molar-refractivity contribution in [3.05, 3.63) is 45.8 Å². The van der Waals surface area contributed by atoms with Crippen molar-refractivity contribution in [2.45, 2.75) is 24.8 Å². The number of aliphatic hydroxyl groups excluding tert-OH is 1.